The largest absolute Gasteiger partial charge is 0.324 e. The fourth-order valence-electron chi connectivity index (χ4n) is 1.65. The Kier molecular flexibility index (Phi) is 3.44. The van der Waals surface area contributed by atoms with Gasteiger partial charge in [-0.1, -0.05) is 11.6 Å². The smallest absolute Gasteiger partial charge is 0.227 e. The number of benzene rings is 1. The van der Waals surface area contributed by atoms with Crippen molar-refractivity contribution in [2.45, 2.75) is 0 Å². The molecule has 94 valence electrons. The molecule has 1 aromatic carbocycles. The van der Waals surface area contributed by atoms with Crippen LogP contribution in [0, 0.1) is 0 Å². The highest BCUT2D eigenvalue weighted by Crippen LogP contribution is 2.22. The average molecular weight is 288 g/mol. The average Bonchev–Trinajstić information content (AvgIpc) is 2.96. The summed E-state index contributed by atoms with van der Waals surface area (Å²) >= 11 is 7.50. The molecule has 0 fully saturated rings. The molecular formula is C14H10ClN3S. The Morgan fingerprint density at radius 1 is 1.05 bits per heavy atom. The minimum absolute atomic E-state index is 0.575. The van der Waals surface area contributed by atoms with E-state index in [1.54, 1.807) is 17.5 Å². The van der Waals surface area contributed by atoms with Crippen molar-refractivity contribution in [1.29, 1.82) is 0 Å². The first-order chi connectivity index (χ1) is 9.31. The van der Waals surface area contributed by atoms with Crippen molar-refractivity contribution in [3.8, 4) is 11.3 Å². The van der Waals surface area contributed by atoms with E-state index >= 15 is 0 Å². The molecule has 0 atom stereocenters. The number of halogens is 1. The van der Waals surface area contributed by atoms with Crippen molar-refractivity contribution < 1.29 is 0 Å². The molecule has 5 heteroatoms. The van der Waals surface area contributed by atoms with E-state index in [4.69, 9.17) is 11.6 Å². The minimum Gasteiger partial charge on any atom is -0.324 e. The third-order valence-electron chi connectivity index (χ3n) is 2.57. The van der Waals surface area contributed by atoms with Gasteiger partial charge in [-0.2, -0.15) is 11.3 Å². The highest BCUT2D eigenvalue weighted by Gasteiger charge is 2.03. The Morgan fingerprint density at radius 2 is 1.89 bits per heavy atom. The molecule has 0 saturated carbocycles. The van der Waals surface area contributed by atoms with Crippen LogP contribution in [0.3, 0.4) is 0 Å². The van der Waals surface area contributed by atoms with Crippen LogP contribution in [0.5, 0.6) is 0 Å². The Balaban J connectivity index is 1.85. The zero-order valence-corrected chi connectivity index (χ0v) is 11.4. The first-order valence-corrected chi connectivity index (χ1v) is 7.01. The summed E-state index contributed by atoms with van der Waals surface area (Å²) in [5.74, 6) is 0.575. The number of aromatic nitrogens is 2. The molecule has 0 radical (unpaired) electrons. The molecule has 0 saturated heterocycles. The van der Waals surface area contributed by atoms with E-state index < -0.39 is 0 Å². The second kappa shape index (κ2) is 5.38. The molecule has 3 nitrogen and oxygen atoms in total. The topological polar surface area (TPSA) is 37.8 Å². The van der Waals surface area contributed by atoms with Crippen LogP contribution in [0.1, 0.15) is 0 Å². The van der Waals surface area contributed by atoms with Gasteiger partial charge in [0, 0.05) is 27.9 Å². The minimum atomic E-state index is 0.575. The summed E-state index contributed by atoms with van der Waals surface area (Å²) in [7, 11) is 0. The Hall–Kier alpha value is -1.91. The van der Waals surface area contributed by atoms with Crippen LogP contribution in [0.4, 0.5) is 11.6 Å². The Morgan fingerprint density at radius 3 is 2.63 bits per heavy atom. The van der Waals surface area contributed by atoms with Crippen molar-refractivity contribution in [2.24, 2.45) is 0 Å². The van der Waals surface area contributed by atoms with Crippen LogP contribution >= 0.6 is 22.9 Å². The summed E-state index contributed by atoms with van der Waals surface area (Å²) in [6, 6.07) is 11.4. The number of thiophene rings is 1. The summed E-state index contributed by atoms with van der Waals surface area (Å²) in [4.78, 5) is 8.70. The highest BCUT2D eigenvalue weighted by molar-refractivity contribution is 7.08. The first-order valence-electron chi connectivity index (χ1n) is 5.69. The number of nitrogens with one attached hydrogen (secondary N) is 1. The van der Waals surface area contributed by atoms with E-state index in [0.717, 1.165) is 16.9 Å². The van der Waals surface area contributed by atoms with Crippen molar-refractivity contribution in [1.82, 2.24) is 9.97 Å². The summed E-state index contributed by atoms with van der Waals surface area (Å²) in [5.41, 5.74) is 2.92. The molecule has 0 amide bonds. The molecule has 3 aromatic rings. The van der Waals surface area contributed by atoms with Crippen LogP contribution in [-0.2, 0) is 0 Å². The molecule has 0 spiro atoms. The summed E-state index contributed by atoms with van der Waals surface area (Å²) in [5, 5.41) is 7.96. The van der Waals surface area contributed by atoms with Crippen LogP contribution in [-0.4, -0.2) is 9.97 Å². The normalized spacial score (nSPS) is 10.4. The van der Waals surface area contributed by atoms with Gasteiger partial charge < -0.3 is 5.32 Å². The summed E-state index contributed by atoms with van der Waals surface area (Å²) < 4.78 is 0. The third-order valence-corrected chi connectivity index (χ3v) is 3.51. The summed E-state index contributed by atoms with van der Waals surface area (Å²) in [6.45, 7) is 0. The van der Waals surface area contributed by atoms with Crippen LogP contribution in [0.15, 0.2) is 53.4 Å². The van der Waals surface area contributed by atoms with Gasteiger partial charge in [-0.3, -0.25) is 0 Å². The standard InChI is InChI=1S/C14H10ClN3S/c15-11-1-3-12(4-2-11)17-14-16-7-5-13(18-14)10-6-8-19-9-10/h1-9H,(H,16,17,18). The molecular weight excluding hydrogens is 278 g/mol. The first kappa shape index (κ1) is 12.1. The number of hydrogen-bond donors (Lipinski definition) is 1. The molecule has 3 rings (SSSR count). The predicted octanol–water partition coefficient (Wildman–Crippen LogP) is 4.60. The highest BCUT2D eigenvalue weighted by atomic mass is 35.5. The number of hydrogen-bond acceptors (Lipinski definition) is 4. The van der Waals surface area contributed by atoms with E-state index in [9.17, 15) is 0 Å². The number of nitrogens with zero attached hydrogens (tertiary/aromatic N) is 2. The van der Waals surface area contributed by atoms with E-state index in [-0.39, 0.29) is 0 Å². The monoisotopic (exact) mass is 287 g/mol. The van der Waals surface area contributed by atoms with E-state index in [2.05, 4.69) is 20.7 Å². The Bertz CT molecular complexity index is 665. The van der Waals surface area contributed by atoms with Gasteiger partial charge in [-0.25, -0.2) is 9.97 Å². The zero-order valence-electron chi connectivity index (χ0n) is 9.88. The third kappa shape index (κ3) is 2.92. The van der Waals surface area contributed by atoms with E-state index in [1.807, 2.05) is 41.8 Å². The molecule has 0 bridgehead atoms. The maximum Gasteiger partial charge on any atom is 0.227 e. The van der Waals surface area contributed by atoms with Gasteiger partial charge in [0.05, 0.1) is 5.69 Å². The number of rotatable bonds is 3. The molecule has 0 aliphatic carbocycles. The van der Waals surface area contributed by atoms with Crippen LogP contribution < -0.4 is 5.32 Å². The van der Waals surface area contributed by atoms with E-state index in [0.29, 0.717) is 11.0 Å². The van der Waals surface area contributed by atoms with Crippen molar-refractivity contribution in [3.05, 3.63) is 58.4 Å². The maximum atomic E-state index is 5.85. The molecule has 19 heavy (non-hydrogen) atoms. The van der Waals surface area contributed by atoms with Gasteiger partial charge in [0.1, 0.15) is 0 Å². The van der Waals surface area contributed by atoms with Crippen molar-refractivity contribution in [3.63, 3.8) is 0 Å². The zero-order chi connectivity index (χ0) is 13.1. The fourth-order valence-corrected chi connectivity index (χ4v) is 2.43. The lowest BCUT2D eigenvalue weighted by Gasteiger charge is -2.05. The second-order valence-corrected chi connectivity index (χ2v) is 5.13. The lowest BCUT2D eigenvalue weighted by atomic mass is 10.2. The van der Waals surface area contributed by atoms with Crippen LogP contribution in [0.2, 0.25) is 5.02 Å². The molecule has 1 N–H and O–H groups in total. The van der Waals surface area contributed by atoms with Crippen molar-refractivity contribution in [2.75, 3.05) is 5.32 Å². The van der Waals surface area contributed by atoms with Crippen LogP contribution in [0.25, 0.3) is 11.3 Å². The molecule has 0 aliphatic rings. The van der Waals surface area contributed by atoms with Gasteiger partial charge in [0.2, 0.25) is 5.95 Å². The van der Waals surface area contributed by atoms with E-state index in [1.165, 1.54) is 0 Å². The van der Waals surface area contributed by atoms with Gasteiger partial charge in [-0.05, 0) is 41.8 Å². The SMILES string of the molecule is Clc1ccc(Nc2nccc(-c3ccsc3)n2)cc1. The Labute approximate surface area is 119 Å². The lowest BCUT2D eigenvalue weighted by Crippen LogP contribution is -1.97. The molecule has 0 aliphatic heterocycles. The maximum absolute atomic E-state index is 5.85. The molecule has 2 heterocycles. The van der Waals surface area contributed by atoms with Crippen molar-refractivity contribution >= 4 is 34.6 Å². The summed E-state index contributed by atoms with van der Waals surface area (Å²) in [6.07, 6.45) is 1.75. The van der Waals surface area contributed by atoms with Gasteiger partial charge >= 0.3 is 0 Å². The quantitative estimate of drug-likeness (QED) is 0.765. The molecule has 2 aromatic heterocycles. The fraction of sp³-hybridized carbons (Fsp3) is 0. The molecule has 0 unspecified atom stereocenters. The number of anilines is 2. The van der Waals surface area contributed by atoms with Gasteiger partial charge in [0.25, 0.3) is 0 Å². The lowest BCUT2D eigenvalue weighted by molar-refractivity contribution is 1.17. The van der Waals surface area contributed by atoms with Gasteiger partial charge in [-0.15, -0.1) is 0 Å². The second-order valence-electron chi connectivity index (χ2n) is 3.91. The van der Waals surface area contributed by atoms with Gasteiger partial charge in [0.15, 0.2) is 0 Å². The predicted molar refractivity (Wildman–Crippen MR) is 80.1 cm³/mol.